The maximum Gasteiger partial charge on any atom is 0.410 e. The van der Waals surface area contributed by atoms with Gasteiger partial charge in [-0.25, -0.2) is 9.78 Å². The van der Waals surface area contributed by atoms with Crippen molar-refractivity contribution in [2.45, 2.75) is 45.3 Å². The summed E-state index contributed by atoms with van der Waals surface area (Å²) in [5, 5.41) is 0. The molecule has 2 heterocycles. The third kappa shape index (κ3) is 4.18. The van der Waals surface area contributed by atoms with Crippen LogP contribution in [0.3, 0.4) is 0 Å². The lowest BCUT2D eigenvalue weighted by molar-refractivity contribution is 0.0185. The normalized spacial score (nSPS) is 16.1. The van der Waals surface area contributed by atoms with Crippen LogP contribution in [0.15, 0.2) is 36.5 Å². The summed E-state index contributed by atoms with van der Waals surface area (Å²) in [5.74, 6) is 0. The van der Waals surface area contributed by atoms with Crippen molar-refractivity contribution >= 4 is 6.09 Å². The van der Waals surface area contributed by atoms with E-state index in [2.05, 4.69) is 4.98 Å². The molecule has 0 aliphatic carbocycles. The van der Waals surface area contributed by atoms with Crippen LogP contribution in [0.25, 0.3) is 11.3 Å². The molecule has 0 unspecified atom stereocenters. The SMILES string of the molecule is CC(C)(C)OC(=O)N1CCC(n2cc(-c3ccccc3)nc2F)CC1. The van der Waals surface area contributed by atoms with Gasteiger partial charge in [0.05, 0.1) is 5.69 Å². The lowest BCUT2D eigenvalue weighted by Gasteiger charge is -2.33. The van der Waals surface area contributed by atoms with Crippen LogP contribution < -0.4 is 0 Å². The van der Waals surface area contributed by atoms with Crippen LogP contribution in [0.2, 0.25) is 0 Å². The Morgan fingerprint density at radius 3 is 2.44 bits per heavy atom. The van der Waals surface area contributed by atoms with Crippen molar-refractivity contribution < 1.29 is 13.9 Å². The van der Waals surface area contributed by atoms with E-state index in [1.165, 1.54) is 0 Å². The van der Waals surface area contributed by atoms with Gasteiger partial charge in [0.25, 0.3) is 6.08 Å². The van der Waals surface area contributed by atoms with Gasteiger partial charge in [0.1, 0.15) is 5.60 Å². The van der Waals surface area contributed by atoms with E-state index in [9.17, 15) is 9.18 Å². The predicted octanol–water partition coefficient (Wildman–Crippen LogP) is 4.26. The number of hydrogen-bond donors (Lipinski definition) is 0. The van der Waals surface area contributed by atoms with Crippen molar-refractivity contribution in [3.63, 3.8) is 0 Å². The second-order valence-corrected chi connectivity index (χ2v) is 7.37. The summed E-state index contributed by atoms with van der Waals surface area (Å²) in [6, 6.07) is 9.57. The summed E-state index contributed by atoms with van der Waals surface area (Å²) in [6.07, 6.45) is 2.34. The number of benzene rings is 1. The van der Waals surface area contributed by atoms with Crippen LogP contribution in [0.1, 0.15) is 39.7 Å². The predicted molar refractivity (Wildman–Crippen MR) is 93.7 cm³/mol. The molecular formula is C19H24FN3O2. The molecule has 1 fully saturated rings. The Morgan fingerprint density at radius 1 is 1.20 bits per heavy atom. The van der Waals surface area contributed by atoms with Gasteiger partial charge in [-0.1, -0.05) is 30.3 Å². The first-order valence-electron chi connectivity index (χ1n) is 8.61. The van der Waals surface area contributed by atoms with Crippen LogP contribution >= 0.6 is 0 Å². The molecule has 1 aromatic heterocycles. The highest BCUT2D eigenvalue weighted by atomic mass is 19.1. The standard InChI is InChI=1S/C19H24FN3O2/c1-19(2,3)25-18(24)22-11-9-15(10-12-22)23-13-16(21-17(23)20)14-7-5-4-6-8-14/h4-8,13,15H,9-12H2,1-3H3. The van der Waals surface area contributed by atoms with Gasteiger partial charge in [-0.05, 0) is 33.6 Å². The molecule has 0 atom stereocenters. The third-order valence-electron chi connectivity index (χ3n) is 4.27. The molecule has 0 spiro atoms. The van der Waals surface area contributed by atoms with Crippen molar-refractivity contribution in [2.75, 3.05) is 13.1 Å². The van der Waals surface area contributed by atoms with Crippen LogP contribution in [-0.2, 0) is 4.74 Å². The molecule has 1 amide bonds. The maximum absolute atomic E-state index is 14.3. The Morgan fingerprint density at radius 2 is 1.84 bits per heavy atom. The fourth-order valence-corrected chi connectivity index (χ4v) is 3.03. The number of nitrogens with zero attached hydrogens (tertiary/aromatic N) is 3. The molecule has 134 valence electrons. The number of rotatable bonds is 2. The van der Waals surface area contributed by atoms with E-state index in [0.29, 0.717) is 31.6 Å². The first-order valence-corrected chi connectivity index (χ1v) is 8.61. The number of halogens is 1. The second kappa shape index (κ2) is 6.86. The van der Waals surface area contributed by atoms with Gasteiger partial charge in [0, 0.05) is 30.9 Å². The van der Waals surface area contributed by atoms with Crippen LogP contribution in [-0.4, -0.2) is 39.2 Å². The highest BCUT2D eigenvalue weighted by molar-refractivity contribution is 5.68. The quantitative estimate of drug-likeness (QED) is 0.817. The summed E-state index contributed by atoms with van der Waals surface area (Å²) < 4.78 is 21.3. The van der Waals surface area contributed by atoms with Crippen molar-refractivity contribution in [3.8, 4) is 11.3 Å². The van der Waals surface area contributed by atoms with E-state index in [1.54, 1.807) is 15.7 Å². The number of piperidine rings is 1. The third-order valence-corrected chi connectivity index (χ3v) is 4.27. The Hall–Kier alpha value is -2.37. The van der Waals surface area contributed by atoms with Gasteiger partial charge in [-0.3, -0.25) is 0 Å². The number of hydrogen-bond acceptors (Lipinski definition) is 3. The van der Waals surface area contributed by atoms with Gasteiger partial charge in [0.15, 0.2) is 0 Å². The molecular weight excluding hydrogens is 321 g/mol. The molecule has 25 heavy (non-hydrogen) atoms. The molecule has 1 aliphatic rings. The lowest BCUT2D eigenvalue weighted by Crippen LogP contribution is -2.42. The van der Waals surface area contributed by atoms with Crippen molar-refractivity contribution in [1.82, 2.24) is 14.5 Å². The first-order chi connectivity index (χ1) is 11.8. The molecule has 0 N–H and O–H groups in total. The second-order valence-electron chi connectivity index (χ2n) is 7.37. The first kappa shape index (κ1) is 17.5. The molecule has 6 heteroatoms. The number of aromatic nitrogens is 2. The van der Waals surface area contributed by atoms with E-state index in [1.807, 2.05) is 51.1 Å². The van der Waals surface area contributed by atoms with E-state index >= 15 is 0 Å². The summed E-state index contributed by atoms with van der Waals surface area (Å²) in [7, 11) is 0. The summed E-state index contributed by atoms with van der Waals surface area (Å²) >= 11 is 0. The van der Waals surface area contributed by atoms with Crippen molar-refractivity contribution in [1.29, 1.82) is 0 Å². The van der Waals surface area contributed by atoms with Gasteiger partial charge < -0.3 is 14.2 Å². The van der Waals surface area contributed by atoms with E-state index in [4.69, 9.17) is 4.74 Å². The molecule has 2 aromatic rings. The summed E-state index contributed by atoms with van der Waals surface area (Å²) in [5.41, 5.74) is 1.02. The van der Waals surface area contributed by atoms with E-state index < -0.39 is 11.7 Å². The zero-order valence-corrected chi connectivity index (χ0v) is 14.9. The zero-order valence-electron chi connectivity index (χ0n) is 14.9. The largest absolute Gasteiger partial charge is 0.444 e. The van der Waals surface area contributed by atoms with E-state index in [-0.39, 0.29) is 12.1 Å². The monoisotopic (exact) mass is 345 g/mol. The minimum absolute atomic E-state index is 0.00338. The molecule has 0 saturated carbocycles. The smallest absolute Gasteiger partial charge is 0.410 e. The van der Waals surface area contributed by atoms with Crippen molar-refractivity contribution in [2.24, 2.45) is 0 Å². The number of carbonyl (C=O) groups excluding carboxylic acids is 1. The number of ether oxygens (including phenoxy) is 1. The Labute approximate surface area is 147 Å². The van der Waals surface area contributed by atoms with Crippen LogP contribution in [0.5, 0.6) is 0 Å². The zero-order chi connectivity index (χ0) is 18.0. The Kier molecular flexibility index (Phi) is 4.79. The number of amides is 1. The topological polar surface area (TPSA) is 47.4 Å². The van der Waals surface area contributed by atoms with Gasteiger partial charge in [0.2, 0.25) is 0 Å². The minimum atomic E-state index is -0.505. The Balaban J connectivity index is 1.66. The number of likely N-dealkylation sites (tertiary alicyclic amines) is 1. The van der Waals surface area contributed by atoms with Crippen LogP contribution in [0.4, 0.5) is 9.18 Å². The maximum atomic E-state index is 14.3. The van der Waals surface area contributed by atoms with Gasteiger partial charge in [-0.2, -0.15) is 4.39 Å². The highest BCUT2D eigenvalue weighted by Crippen LogP contribution is 2.27. The summed E-state index contributed by atoms with van der Waals surface area (Å²) in [6.45, 7) is 6.66. The van der Waals surface area contributed by atoms with Gasteiger partial charge in [-0.15, -0.1) is 0 Å². The Bertz CT molecular complexity index is 729. The highest BCUT2D eigenvalue weighted by Gasteiger charge is 2.28. The number of imidazole rings is 1. The fraction of sp³-hybridized carbons (Fsp3) is 0.474. The molecule has 1 aliphatic heterocycles. The molecule has 3 rings (SSSR count). The van der Waals surface area contributed by atoms with E-state index in [0.717, 1.165) is 5.56 Å². The average molecular weight is 345 g/mol. The lowest BCUT2D eigenvalue weighted by atomic mass is 10.1. The molecule has 0 radical (unpaired) electrons. The molecule has 5 nitrogen and oxygen atoms in total. The van der Waals surface area contributed by atoms with Crippen molar-refractivity contribution in [3.05, 3.63) is 42.6 Å². The van der Waals surface area contributed by atoms with Crippen LogP contribution in [0, 0.1) is 6.08 Å². The fourth-order valence-electron chi connectivity index (χ4n) is 3.03. The molecule has 0 bridgehead atoms. The minimum Gasteiger partial charge on any atom is -0.444 e. The summed E-state index contributed by atoms with van der Waals surface area (Å²) in [4.78, 5) is 17.9. The molecule has 1 aromatic carbocycles. The van der Waals surface area contributed by atoms with Gasteiger partial charge >= 0.3 is 6.09 Å². The molecule has 1 saturated heterocycles. The number of carbonyl (C=O) groups is 1. The average Bonchev–Trinajstić information content (AvgIpc) is 2.96.